The Morgan fingerprint density at radius 2 is 1.13 bits per heavy atom. The van der Waals surface area contributed by atoms with Gasteiger partial charge in [-0.2, -0.15) is 0 Å². The number of anilines is 1. The summed E-state index contributed by atoms with van der Waals surface area (Å²) >= 11 is -3.98. The Morgan fingerprint density at radius 1 is 0.733 bits per heavy atom. The van der Waals surface area contributed by atoms with Crippen molar-refractivity contribution in [2.45, 2.75) is 29.6 Å². The van der Waals surface area contributed by atoms with Crippen LogP contribution in [0.3, 0.4) is 0 Å². The average molecular weight is 419 g/mol. The molecule has 0 atom stereocenters. The van der Waals surface area contributed by atoms with Crippen molar-refractivity contribution < 1.29 is 0 Å². The van der Waals surface area contributed by atoms with Gasteiger partial charge in [0.15, 0.2) is 0 Å². The maximum absolute atomic E-state index is 2.88. The Labute approximate surface area is 103 Å². The van der Waals surface area contributed by atoms with E-state index in [2.05, 4.69) is 61.3 Å². The number of hydrogen-bond donors (Lipinski definition) is 0. The van der Waals surface area contributed by atoms with Gasteiger partial charge in [-0.25, -0.2) is 0 Å². The molecule has 3 heteroatoms. The number of rotatable bonds is 3. The first-order valence-electron chi connectivity index (χ1n) is 5.58. The monoisotopic (exact) mass is 421 g/mol. The van der Waals surface area contributed by atoms with Crippen molar-refractivity contribution in [3.05, 3.63) is 30.3 Å². The fourth-order valence-electron chi connectivity index (χ4n) is 2.36. The summed E-state index contributed by atoms with van der Waals surface area (Å²) in [5.41, 5.74) is 1.48. The van der Waals surface area contributed by atoms with Crippen molar-refractivity contribution in [1.29, 1.82) is 0 Å². The van der Waals surface area contributed by atoms with Gasteiger partial charge in [-0.1, -0.05) is 0 Å². The molecule has 0 aliphatic carbocycles. The molecule has 0 radical (unpaired) electrons. The number of hydrogen-bond acceptors (Lipinski definition) is 1. The second-order valence-corrected chi connectivity index (χ2v) is 37.0. The Bertz CT molecular complexity index is 295. The predicted octanol–water partition coefficient (Wildman–Crippen LogP) is 4.16. The van der Waals surface area contributed by atoms with E-state index in [1.807, 2.05) is 0 Å². The van der Waals surface area contributed by atoms with Crippen LogP contribution in [-0.4, -0.2) is 37.3 Å². The molecular formula is C12H23NSn2. The van der Waals surface area contributed by atoms with Crippen molar-refractivity contribution in [2.24, 2.45) is 0 Å². The van der Waals surface area contributed by atoms with E-state index in [1.165, 1.54) is 5.69 Å². The van der Waals surface area contributed by atoms with E-state index in [1.54, 1.807) is 0 Å². The van der Waals surface area contributed by atoms with Crippen LogP contribution in [0.15, 0.2) is 30.3 Å². The quantitative estimate of drug-likeness (QED) is 0.666. The summed E-state index contributed by atoms with van der Waals surface area (Å²) in [4.78, 5) is 15.1. The molecule has 1 rings (SSSR count). The molecule has 0 saturated heterocycles. The van der Waals surface area contributed by atoms with Crippen molar-refractivity contribution in [3.8, 4) is 0 Å². The van der Waals surface area contributed by atoms with Gasteiger partial charge in [-0.3, -0.25) is 0 Å². The molecule has 84 valence electrons. The van der Waals surface area contributed by atoms with Gasteiger partial charge in [0.1, 0.15) is 0 Å². The molecule has 0 spiro atoms. The third-order valence-corrected chi connectivity index (χ3v) is 37.2. The zero-order valence-electron chi connectivity index (χ0n) is 10.8. The van der Waals surface area contributed by atoms with E-state index < -0.39 is 37.3 Å². The molecule has 0 fully saturated rings. The average Bonchev–Trinajstić information content (AvgIpc) is 2.00. The fourth-order valence-corrected chi connectivity index (χ4v) is 51.9. The van der Waals surface area contributed by atoms with E-state index in [-0.39, 0.29) is 0 Å². The van der Waals surface area contributed by atoms with Gasteiger partial charge in [-0.05, 0) is 0 Å². The molecule has 0 aromatic heterocycles. The molecular weight excluding hydrogens is 396 g/mol. The SMILES string of the molecule is [CH3][Sn]([CH3])([CH3])[N](c1ccccc1)[Sn]([CH3])([CH3])[CH3]. The first-order valence-corrected chi connectivity index (χ1v) is 25.3. The summed E-state index contributed by atoms with van der Waals surface area (Å²) in [6.07, 6.45) is 0. The van der Waals surface area contributed by atoms with Crippen LogP contribution in [0.25, 0.3) is 0 Å². The van der Waals surface area contributed by atoms with Gasteiger partial charge < -0.3 is 0 Å². The molecule has 0 N–H and O–H groups in total. The van der Waals surface area contributed by atoms with Crippen molar-refractivity contribution >= 4 is 43.0 Å². The normalized spacial score (nSPS) is 12.7. The fraction of sp³-hybridized carbons (Fsp3) is 0.500. The first-order chi connectivity index (χ1) is 6.73. The van der Waals surface area contributed by atoms with Crippen molar-refractivity contribution in [2.75, 3.05) is 1.34 Å². The van der Waals surface area contributed by atoms with Crippen LogP contribution < -0.4 is 1.34 Å². The van der Waals surface area contributed by atoms with Crippen LogP contribution in [0.2, 0.25) is 29.6 Å². The summed E-state index contributed by atoms with van der Waals surface area (Å²) < 4.78 is 2.88. The van der Waals surface area contributed by atoms with Gasteiger partial charge in [0.25, 0.3) is 0 Å². The predicted molar refractivity (Wildman–Crippen MR) is 75.6 cm³/mol. The zero-order chi connectivity index (χ0) is 11.7. The van der Waals surface area contributed by atoms with Crippen LogP contribution in [-0.2, 0) is 0 Å². The van der Waals surface area contributed by atoms with E-state index in [0.717, 1.165) is 0 Å². The molecule has 0 amide bonds. The van der Waals surface area contributed by atoms with Crippen LogP contribution >= 0.6 is 0 Å². The first kappa shape index (κ1) is 13.7. The van der Waals surface area contributed by atoms with Gasteiger partial charge in [0.05, 0.1) is 0 Å². The molecule has 1 aromatic rings. The third-order valence-electron chi connectivity index (χ3n) is 2.36. The van der Waals surface area contributed by atoms with Gasteiger partial charge >= 0.3 is 104 Å². The van der Waals surface area contributed by atoms with Gasteiger partial charge in [0, 0.05) is 0 Å². The summed E-state index contributed by atoms with van der Waals surface area (Å²) in [6.45, 7) is 0. The molecule has 0 heterocycles. The Balaban J connectivity index is 3.15. The Hall–Kier alpha value is 0.617. The topological polar surface area (TPSA) is 3.24 Å². The van der Waals surface area contributed by atoms with Crippen LogP contribution in [0.1, 0.15) is 0 Å². The second-order valence-electron chi connectivity index (χ2n) is 6.01. The van der Waals surface area contributed by atoms with Crippen molar-refractivity contribution in [3.63, 3.8) is 0 Å². The molecule has 0 unspecified atom stereocenters. The number of benzene rings is 1. The van der Waals surface area contributed by atoms with Crippen LogP contribution in [0.4, 0.5) is 5.69 Å². The van der Waals surface area contributed by atoms with E-state index in [0.29, 0.717) is 0 Å². The molecule has 0 saturated carbocycles. The maximum atomic E-state index is 2.88. The van der Waals surface area contributed by atoms with E-state index in [4.69, 9.17) is 0 Å². The summed E-state index contributed by atoms with van der Waals surface area (Å²) in [5.74, 6) is 0. The zero-order valence-corrected chi connectivity index (χ0v) is 16.5. The standard InChI is InChI=1S/C6H5N.6CH3.2Sn/c7-6-4-2-1-3-5-6;;;;;;;;/h1-5H;6*1H3;;. The summed E-state index contributed by atoms with van der Waals surface area (Å²) in [6, 6.07) is 11.0. The number of para-hydroxylation sites is 1. The van der Waals surface area contributed by atoms with Crippen molar-refractivity contribution in [1.82, 2.24) is 0 Å². The Morgan fingerprint density at radius 3 is 1.47 bits per heavy atom. The number of nitrogens with zero attached hydrogens (tertiary/aromatic N) is 1. The molecule has 1 aromatic carbocycles. The molecule has 0 bridgehead atoms. The van der Waals surface area contributed by atoms with Gasteiger partial charge in [0.2, 0.25) is 0 Å². The molecule has 15 heavy (non-hydrogen) atoms. The second kappa shape index (κ2) is 4.86. The van der Waals surface area contributed by atoms with E-state index in [9.17, 15) is 0 Å². The minimum atomic E-state index is -1.99. The molecule has 1 nitrogen and oxygen atoms in total. The summed E-state index contributed by atoms with van der Waals surface area (Å²) in [7, 11) is 0. The van der Waals surface area contributed by atoms with Crippen LogP contribution in [0, 0.1) is 0 Å². The third kappa shape index (κ3) is 3.84. The van der Waals surface area contributed by atoms with Gasteiger partial charge in [-0.15, -0.1) is 0 Å². The molecule has 0 aliphatic heterocycles. The Kier molecular flexibility index (Phi) is 4.43. The summed E-state index contributed by atoms with van der Waals surface area (Å²) in [5, 5.41) is 0. The van der Waals surface area contributed by atoms with E-state index >= 15 is 0 Å². The minimum absolute atomic E-state index is 1.48. The molecule has 0 aliphatic rings. The van der Waals surface area contributed by atoms with Crippen LogP contribution in [0.5, 0.6) is 0 Å².